The summed E-state index contributed by atoms with van der Waals surface area (Å²) < 4.78 is 0. The van der Waals surface area contributed by atoms with Crippen molar-refractivity contribution in [1.82, 2.24) is 16.2 Å². The molecule has 2 unspecified atom stereocenters. The number of ketones is 1. The number of nitrogens with one attached hydrogen (secondary N) is 3. The number of thioether (sulfide) groups is 1. The Morgan fingerprint density at radius 1 is 0.793 bits per heavy atom. The van der Waals surface area contributed by atoms with E-state index < -0.39 is 6.04 Å². The number of carbonyl (C=O) groups excluding carboxylic acids is 2. The number of hydrogen-bond donors (Lipinski definition) is 3. The normalized spacial score (nSPS) is 18.8. The van der Waals surface area contributed by atoms with Gasteiger partial charge in [0.2, 0.25) is 5.91 Å². The Morgan fingerprint density at radius 3 is 2.07 bits per heavy atom. The summed E-state index contributed by atoms with van der Waals surface area (Å²) in [6.45, 7) is 0. The van der Waals surface area contributed by atoms with Crippen LogP contribution in [0.3, 0.4) is 0 Å². The molecule has 0 aliphatic carbocycles. The molecule has 1 amide bonds. The molecular weight excluding hydrogens is 382 g/mol. The third kappa shape index (κ3) is 4.74. The van der Waals surface area contributed by atoms with E-state index in [4.69, 9.17) is 0 Å². The van der Waals surface area contributed by atoms with Crippen LogP contribution in [-0.2, 0) is 10.5 Å². The minimum absolute atomic E-state index is 0.0159. The Labute approximate surface area is 173 Å². The summed E-state index contributed by atoms with van der Waals surface area (Å²) >= 11 is 1.57. The Hall–Kier alpha value is -2.93. The lowest BCUT2D eigenvalue weighted by molar-refractivity contribution is -0.125. The molecule has 5 nitrogen and oxygen atoms in total. The molecular formula is C23H21N3O2S. The van der Waals surface area contributed by atoms with E-state index in [-0.39, 0.29) is 17.2 Å². The zero-order chi connectivity index (χ0) is 20.1. The highest BCUT2D eigenvalue weighted by Gasteiger charge is 2.28. The van der Waals surface area contributed by atoms with Crippen molar-refractivity contribution in [3.05, 3.63) is 107 Å². The molecule has 0 spiro atoms. The van der Waals surface area contributed by atoms with Gasteiger partial charge in [-0.15, -0.1) is 11.8 Å². The zero-order valence-electron chi connectivity index (χ0n) is 15.7. The lowest BCUT2D eigenvalue weighted by atomic mass is 10.0. The maximum Gasteiger partial charge on any atom is 0.244 e. The minimum atomic E-state index is -0.406. The Morgan fingerprint density at radius 2 is 1.41 bits per heavy atom. The molecule has 1 heterocycles. The molecule has 0 bridgehead atoms. The standard InChI is InChI=1S/C23H21N3O2S/c27-21(18-9-5-2-6-10-18)19-13-11-16(12-14-19)15-29-23-24-22(28)20(25-26-23)17-7-3-1-4-8-17/h1-14,20,23,25-26H,15H2,(H,24,28). The van der Waals surface area contributed by atoms with E-state index in [0.717, 1.165) is 11.1 Å². The third-order valence-electron chi connectivity index (χ3n) is 4.70. The van der Waals surface area contributed by atoms with Crippen molar-refractivity contribution < 1.29 is 9.59 Å². The van der Waals surface area contributed by atoms with Gasteiger partial charge in [0, 0.05) is 16.9 Å². The average Bonchev–Trinajstić information content (AvgIpc) is 2.79. The molecule has 0 radical (unpaired) electrons. The van der Waals surface area contributed by atoms with Gasteiger partial charge in [-0.25, -0.2) is 10.9 Å². The topological polar surface area (TPSA) is 70.2 Å². The number of carbonyl (C=O) groups is 2. The van der Waals surface area contributed by atoms with Crippen LogP contribution in [0, 0.1) is 0 Å². The largest absolute Gasteiger partial charge is 0.329 e. The second-order valence-electron chi connectivity index (χ2n) is 6.72. The molecule has 1 fully saturated rings. The molecule has 3 aromatic rings. The maximum absolute atomic E-state index is 12.5. The van der Waals surface area contributed by atoms with E-state index in [2.05, 4.69) is 16.2 Å². The molecule has 1 aliphatic rings. The van der Waals surface area contributed by atoms with E-state index in [9.17, 15) is 9.59 Å². The van der Waals surface area contributed by atoms with Crippen LogP contribution in [-0.4, -0.2) is 17.2 Å². The van der Waals surface area contributed by atoms with Gasteiger partial charge in [0.1, 0.15) is 11.5 Å². The van der Waals surface area contributed by atoms with Crippen LogP contribution in [0.5, 0.6) is 0 Å². The summed E-state index contributed by atoms with van der Waals surface area (Å²) in [7, 11) is 0. The van der Waals surface area contributed by atoms with Gasteiger partial charge in [0.15, 0.2) is 5.78 Å². The van der Waals surface area contributed by atoms with E-state index in [1.807, 2.05) is 84.9 Å². The van der Waals surface area contributed by atoms with E-state index in [1.165, 1.54) is 0 Å². The summed E-state index contributed by atoms with van der Waals surface area (Å²) in [6.07, 6.45) is 0. The van der Waals surface area contributed by atoms with Crippen LogP contribution < -0.4 is 16.2 Å². The van der Waals surface area contributed by atoms with Crippen LogP contribution in [0.2, 0.25) is 0 Å². The molecule has 146 valence electrons. The van der Waals surface area contributed by atoms with Crippen molar-refractivity contribution in [2.75, 3.05) is 0 Å². The highest BCUT2D eigenvalue weighted by molar-refractivity contribution is 7.99. The van der Waals surface area contributed by atoms with E-state index in [1.54, 1.807) is 11.8 Å². The summed E-state index contributed by atoms with van der Waals surface area (Å²) in [5.41, 5.74) is 9.36. The predicted octanol–water partition coefficient (Wildman–Crippen LogP) is 3.40. The molecule has 3 aromatic carbocycles. The number of benzene rings is 3. The first-order chi connectivity index (χ1) is 14.2. The quantitative estimate of drug-likeness (QED) is 0.551. The van der Waals surface area contributed by atoms with Crippen LogP contribution in [0.4, 0.5) is 0 Å². The van der Waals surface area contributed by atoms with Crippen molar-refractivity contribution in [2.24, 2.45) is 0 Å². The minimum Gasteiger partial charge on any atom is -0.329 e. The molecule has 1 aliphatic heterocycles. The van der Waals surface area contributed by atoms with E-state index >= 15 is 0 Å². The van der Waals surface area contributed by atoms with Gasteiger partial charge in [0.25, 0.3) is 0 Å². The number of amides is 1. The Balaban J connectivity index is 1.31. The van der Waals surface area contributed by atoms with Crippen molar-refractivity contribution in [3.8, 4) is 0 Å². The Bertz CT molecular complexity index is 978. The van der Waals surface area contributed by atoms with Gasteiger partial charge in [-0.3, -0.25) is 9.59 Å². The van der Waals surface area contributed by atoms with Gasteiger partial charge in [-0.2, -0.15) is 0 Å². The van der Waals surface area contributed by atoms with Crippen molar-refractivity contribution in [1.29, 1.82) is 0 Å². The van der Waals surface area contributed by atoms with Crippen molar-refractivity contribution in [2.45, 2.75) is 17.3 Å². The highest BCUT2D eigenvalue weighted by atomic mass is 32.2. The summed E-state index contributed by atoms with van der Waals surface area (Å²) in [4.78, 5) is 24.9. The SMILES string of the molecule is O=C(c1ccccc1)c1ccc(CSC2NNC(c3ccccc3)C(=O)N2)cc1. The first-order valence-corrected chi connectivity index (χ1v) is 10.4. The molecule has 0 aromatic heterocycles. The first kappa shape index (κ1) is 19.4. The number of hydrogen-bond acceptors (Lipinski definition) is 5. The first-order valence-electron chi connectivity index (χ1n) is 9.37. The fourth-order valence-electron chi connectivity index (χ4n) is 3.12. The molecule has 4 rings (SSSR count). The molecule has 1 saturated heterocycles. The van der Waals surface area contributed by atoms with Crippen LogP contribution >= 0.6 is 11.8 Å². The van der Waals surface area contributed by atoms with Crippen molar-refractivity contribution >= 4 is 23.5 Å². The monoisotopic (exact) mass is 403 g/mol. The predicted molar refractivity (Wildman–Crippen MR) is 115 cm³/mol. The lowest BCUT2D eigenvalue weighted by Crippen LogP contribution is -2.60. The van der Waals surface area contributed by atoms with Crippen LogP contribution in [0.1, 0.15) is 33.1 Å². The smallest absolute Gasteiger partial charge is 0.244 e. The van der Waals surface area contributed by atoms with E-state index in [0.29, 0.717) is 16.9 Å². The molecule has 6 heteroatoms. The van der Waals surface area contributed by atoms with Gasteiger partial charge >= 0.3 is 0 Å². The summed E-state index contributed by atoms with van der Waals surface area (Å²) in [6, 6.07) is 26.0. The second kappa shape index (κ2) is 9.05. The fourth-order valence-corrected chi connectivity index (χ4v) is 4.03. The Kier molecular flexibility index (Phi) is 6.05. The van der Waals surface area contributed by atoms with Crippen LogP contribution in [0.25, 0.3) is 0 Å². The second-order valence-corrected chi connectivity index (χ2v) is 7.82. The molecule has 0 saturated carbocycles. The number of hydrazine groups is 1. The van der Waals surface area contributed by atoms with Gasteiger partial charge in [-0.1, -0.05) is 84.9 Å². The van der Waals surface area contributed by atoms with Crippen LogP contribution in [0.15, 0.2) is 84.9 Å². The third-order valence-corrected chi connectivity index (χ3v) is 5.77. The van der Waals surface area contributed by atoms with Gasteiger partial charge in [-0.05, 0) is 11.1 Å². The van der Waals surface area contributed by atoms with Gasteiger partial charge in [0.05, 0.1) is 0 Å². The maximum atomic E-state index is 12.5. The fraction of sp³-hybridized carbons (Fsp3) is 0.130. The van der Waals surface area contributed by atoms with Gasteiger partial charge < -0.3 is 5.32 Å². The zero-order valence-corrected chi connectivity index (χ0v) is 16.5. The molecule has 2 atom stereocenters. The average molecular weight is 404 g/mol. The summed E-state index contributed by atoms with van der Waals surface area (Å²) in [5, 5.41) is 2.98. The lowest BCUT2D eigenvalue weighted by Gasteiger charge is -2.31. The molecule has 3 N–H and O–H groups in total. The molecule has 29 heavy (non-hydrogen) atoms. The summed E-state index contributed by atoms with van der Waals surface area (Å²) in [5.74, 6) is 0.661. The van der Waals surface area contributed by atoms with Crippen molar-refractivity contribution in [3.63, 3.8) is 0 Å². The number of rotatable bonds is 6. The highest BCUT2D eigenvalue weighted by Crippen LogP contribution is 2.21.